The third-order valence-corrected chi connectivity index (χ3v) is 3.32. The molecule has 1 atom stereocenters. The Labute approximate surface area is 141 Å². The summed E-state index contributed by atoms with van der Waals surface area (Å²) in [5, 5.41) is 4.71. The van der Waals surface area contributed by atoms with Gasteiger partial charge in [-0.05, 0) is 24.1 Å². The number of ether oxygens (including phenoxy) is 1. The number of esters is 1. The second-order valence-electron chi connectivity index (χ2n) is 4.75. The summed E-state index contributed by atoms with van der Waals surface area (Å²) in [6.07, 6.45) is 4.88. The fourth-order valence-electron chi connectivity index (χ4n) is 1.92. The fourth-order valence-corrected chi connectivity index (χ4v) is 2.05. The van der Waals surface area contributed by atoms with Crippen LogP contribution in [0.4, 0.5) is 0 Å². The largest absolute Gasteiger partial charge is 0.455 e. The number of hydrogen-bond donors (Lipinski definition) is 0. The molecular formula is C15H19Cl2N3O2. The Hall–Kier alpha value is -1.59. The van der Waals surface area contributed by atoms with Crippen molar-refractivity contribution in [2.75, 3.05) is 0 Å². The Bertz CT molecular complexity index is 559. The third-order valence-electron chi connectivity index (χ3n) is 3.07. The number of hydrogen-bond acceptors (Lipinski definition) is 4. The number of rotatable bonds is 7. The molecule has 7 heteroatoms. The molecule has 0 fully saturated rings. The molecule has 0 saturated heterocycles. The highest BCUT2D eigenvalue weighted by Gasteiger charge is 2.17. The number of aromatic nitrogens is 3. The Morgan fingerprint density at radius 3 is 2.68 bits per heavy atom. The van der Waals surface area contributed by atoms with Gasteiger partial charge in [-0.1, -0.05) is 37.1 Å². The number of carbonyl (C=O) groups excluding carboxylic acids is 1. The lowest BCUT2D eigenvalue weighted by Crippen LogP contribution is -2.17. The first-order valence-corrected chi connectivity index (χ1v) is 7.34. The van der Waals surface area contributed by atoms with Crippen LogP contribution in [0.5, 0.6) is 0 Å². The van der Waals surface area contributed by atoms with E-state index in [2.05, 4.69) is 10.1 Å². The van der Waals surface area contributed by atoms with E-state index in [1.54, 1.807) is 23.1 Å². The van der Waals surface area contributed by atoms with Crippen molar-refractivity contribution in [2.45, 2.75) is 38.8 Å². The second-order valence-corrected chi connectivity index (χ2v) is 5.19. The average molecular weight is 344 g/mol. The summed E-state index contributed by atoms with van der Waals surface area (Å²) in [4.78, 5) is 15.8. The summed E-state index contributed by atoms with van der Waals surface area (Å²) in [5.41, 5.74) is 0.889. The van der Waals surface area contributed by atoms with Gasteiger partial charge in [-0.25, -0.2) is 9.67 Å². The lowest BCUT2D eigenvalue weighted by atomic mass is 10.1. The minimum atomic E-state index is -0.395. The van der Waals surface area contributed by atoms with Crippen LogP contribution in [0.1, 0.15) is 37.9 Å². The maximum Gasteiger partial charge on any atom is 0.306 e. The van der Waals surface area contributed by atoms with Gasteiger partial charge in [0.1, 0.15) is 18.8 Å². The van der Waals surface area contributed by atoms with Crippen molar-refractivity contribution in [2.24, 2.45) is 0 Å². The van der Waals surface area contributed by atoms with Gasteiger partial charge in [0.05, 0.1) is 6.54 Å². The van der Waals surface area contributed by atoms with E-state index < -0.39 is 6.10 Å². The first-order chi connectivity index (χ1) is 10.2. The highest BCUT2D eigenvalue weighted by atomic mass is 35.5. The van der Waals surface area contributed by atoms with Crippen LogP contribution in [0.15, 0.2) is 36.9 Å². The summed E-state index contributed by atoms with van der Waals surface area (Å²) >= 11 is 5.90. The summed E-state index contributed by atoms with van der Waals surface area (Å²) in [7, 11) is 0. The molecule has 2 rings (SSSR count). The summed E-state index contributed by atoms with van der Waals surface area (Å²) in [6, 6.07) is 7.28. The maximum absolute atomic E-state index is 11.9. The van der Waals surface area contributed by atoms with Crippen LogP contribution in [-0.2, 0) is 16.1 Å². The summed E-state index contributed by atoms with van der Waals surface area (Å²) in [5.74, 6) is -0.197. The molecule has 22 heavy (non-hydrogen) atoms. The van der Waals surface area contributed by atoms with Crippen LogP contribution in [-0.4, -0.2) is 20.7 Å². The standard InChI is InChI=1S/C15H18ClN3O2.ClH/c1-2-3-4-15(20)21-14(9-19-11-17-10-18-19)12-5-7-13(16)8-6-12;/h5-8,10-11,14H,2-4,9H2,1H3;1H. The first kappa shape index (κ1) is 18.5. The number of nitrogens with zero attached hydrogens (tertiary/aromatic N) is 3. The molecule has 0 aliphatic rings. The monoisotopic (exact) mass is 343 g/mol. The van der Waals surface area contributed by atoms with Crippen molar-refractivity contribution in [1.82, 2.24) is 14.8 Å². The Morgan fingerprint density at radius 2 is 2.09 bits per heavy atom. The number of benzene rings is 1. The van der Waals surface area contributed by atoms with Crippen LogP contribution < -0.4 is 0 Å². The number of halogens is 2. The van der Waals surface area contributed by atoms with Crippen molar-refractivity contribution in [1.29, 1.82) is 0 Å². The van der Waals surface area contributed by atoms with Crippen molar-refractivity contribution in [3.63, 3.8) is 0 Å². The van der Waals surface area contributed by atoms with Crippen molar-refractivity contribution in [3.8, 4) is 0 Å². The van der Waals surface area contributed by atoms with Gasteiger partial charge < -0.3 is 4.74 Å². The van der Waals surface area contributed by atoms with Crippen LogP contribution in [0, 0.1) is 0 Å². The van der Waals surface area contributed by atoms with E-state index >= 15 is 0 Å². The van der Waals surface area contributed by atoms with E-state index in [1.807, 2.05) is 19.1 Å². The predicted octanol–water partition coefficient (Wildman–Crippen LogP) is 3.83. The average Bonchev–Trinajstić information content (AvgIpc) is 2.98. The lowest BCUT2D eigenvalue weighted by molar-refractivity contribution is -0.150. The smallest absolute Gasteiger partial charge is 0.306 e. The Balaban J connectivity index is 0.00000242. The van der Waals surface area contributed by atoms with Crippen molar-refractivity contribution in [3.05, 3.63) is 47.5 Å². The van der Waals surface area contributed by atoms with Gasteiger partial charge in [-0.3, -0.25) is 4.79 Å². The van der Waals surface area contributed by atoms with Crippen molar-refractivity contribution >= 4 is 30.0 Å². The zero-order valence-corrected chi connectivity index (χ0v) is 13.9. The molecule has 0 aliphatic carbocycles. The maximum atomic E-state index is 11.9. The molecule has 1 unspecified atom stereocenters. The highest BCUT2D eigenvalue weighted by molar-refractivity contribution is 6.30. The van der Waals surface area contributed by atoms with Crippen LogP contribution in [0.2, 0.25) is 5.02 Å². The molecule has 5 nitrogen and oxygen atoms in total. The van der Waals surface area contributed by atoms with E-state index in [-0.39, 0.29) is 18.4 Å². The van der Waals surface area contributed by atoms with E-state index in [9.17, 15) is 4.79 Å². The fraction of sp³-hybridized carbons (Fsp3) is 0.400. The summed E-state index contributed by atoms with van der Waals surface area (Å²) in [6.45, 7) is 2.47. The van der Waals surface area contributed by atoms with Gasteiger partial charge in [0, 0.05) is 11.4 Å². The van der Waals surface area contributed by atoms with Gasteiger partial charge in [-0.15, -0.1) is 12.4 Å². The minimum Gasteiger partial charge on any atom is -0.455 e. The molecule has 0 bridgehead atoms. The lowest BCUT2D eigenvalue weighted by Gasteiger charge is -2.18. The Morgan fingerprint density at radius 1 is 1.36 bits per heavy atom. The SMILES string of the molecule is CCCCC(=O)OC(Cn1cncn1)c1ccc(Cl)cc1.Cl. The molecule has 120 valence electrons. The molecule has 1 aromatic heterocycles. The van der Waals surface area contributed by atoms with E-state index in [0.29, 0.717) is 18.0 Å². The second kappa shape index (κ2) is 9.43. The minimum absolute atomic E-state index is 0. The van der Waals surface area contributed by atoms with Gasteiger partial charge >= 0.3 is 5.97 Å². The predicted molar refractivity (Wildman–Crippen MR) is 87.1 cm³/mol. The first-order valence-electron chi connectivity index (χ1n) is 6.96. The molecule has 0 N–H and O–H groups in total. The Kier molecular flexibility index (Phi) is 7.91. The molecule has 0 radical (unpaired) electrons. The van der Waals surface area contributed by atoms with Gasteiger partial charge in [0.2, 0.25) is 0 Å². The molecule has 2 aromatic rings. The highest BCUT2D eigenvalue weighted by Crippen LogP contribution is 2.22. The molecule has 0 spiro atoms. The van der Waals surface area contributed by atoms with Crippen LogP contribution in [0.3, 0.4) is 0 Å². The van der Waals surface area contributed by atoms with Crippen LogP contribution >= 0.6 is 24.0 Å². The molecule has 1 aromatic carbocycles. The molecule has 0 saturated carbocycles. The summed E-state index contributed by atoms with van der Waals surface area (Å²) < 4.78 is 7.23. The van der Waals surface area contributed by atoms with Gasteiger partial charge in [0.25, 0.3) is 0 Å². The molecule has 0 amide bonds. The zero-order chi connectivity index (χ0) is 15.1. The van der Waals surface area contributed by atoms with E-state index in [1.165, 1.54) is 6.33 Å². The third kappa shape index (κ3) is 5.66. The topological polar surface area (TPSA) is 57.0 Å². The quantitative estimate of drug-likeness (QED) is 0.717. The van der Waals surface area contributed by atoms with E-state index in [4.69, 9.17) is 16.3 Å². The molecular weight excluding hydrogens is 325 g/mol. The molecule has 1 heterocycles. The van der Waals surface area contributed by atoms with Crippen molar-refractivity contribution < 1.29 is 9.53 Å². The number of carbonyl (C=O) groups is 1. The van der Waals surface area contributed by atoms with Gasteiger partial charge in [-0.2, -0.15) is 5.10 Å². The normalized spacial score (nSPS) is 11.5. The number of unbranched alkanes of at least 4 members (excludes halogenated alkanes) is 1. The van der Waals surface area contributed by atoms with E-state index in [0.717, 1.165) is 18.4 Å². The van der Waals surface area contributed by atoms with Gasteiger partial charge in [0.15, 0.2) is 0 Å². The molecule has 0 aliphatic heterocycles. The van der Waals surface area contributed by atoms with Crippen LogP contribution in [0.25, 0.3) is 0 Å². The zero-order valence-electron chi connectivity index (χ0n) is 12.3.